The maximum absolute atomic E-state index is 11.2. The minimum absolute atomic E-state index is 0.0150. The summed E-state index contributed by atoms with van der Waals surface area (Å²) in [6.45, 7) is 2.28. The Labute approximate surface area is 92.0 Å². The predicted molar refractivity (Wildman–Crippen MR) is 59.6 cm³/mol. The number of pyridine rings is 1. The molecule has 2 aromatic rings. The van der Waals surface area contributed by atoms with Gasteiger partial charge in [0.15, 0.2) is 5.43 Å². The van der Waals surface area contributed by atoms with Gasteiger partial charge < -0.3 is 19.4 Å². The van der Waals surface area contributed by atoms with E-state index in [0.29, 0.717) is 6.61 Å². The van der Waals surface area contributed by atoms with Gasteiger partial charge in [-0.1, -0.05) is 0 Å². The quantitative estimate of drug-likeness (QED) is 0.724. The number of morpholine rings is 1. The summed E-state index contributed by atoms with van der Waals surface area (Å²) in [6.07, 6.45) is 3.75. The van der Waals surface area contributed by atoms with Crippen molar-refractivity contribution in [2.75, 3.05) is 19.8 Å². The van der Waals surface area contributed by atoms with Crippen molar-refractivity contribution in [2.45, 2.75) is 6.04 Å². The molecule has 0 spiro atoms. The lowest BCUT2D eigenvalue weighted by Gasteiger charge is -2.22. The van der Waals surface area contributed by atoms with Gasteiger partial charge in [-0.05, 0) is 0 Å². The van der Waals surface area contributed by atoms with E-state index >= 15 is 0 Å². The largest absolute Gasteiger partial charge is 0.378 e. The van der Waals surface area contributed by atoms with Gasteiger partial charge in [-0.2, -0.15) is 0 Å². The minimum Gasteiger partial charge on any atom is -0.378 e. The van der Waals surface area contributed by atoms with E-state index in [-0.39, 0.29) is 11.5 Å². The fourth-order valence-electron chi connectivity index (χ4n) is 1.98. The van der Waals surface area contributed by atoms with Crippen LogP contribution in [-0.2, 0) is 4.74 Å². The standard InChI is InChI=1S/C11H13N3O2/c15-8-1-3-14-6-9(13-11(14)5-8)10-7-16-4-2-12-10/h1,3,5-6,10,12-13H,2,4,7H2. The van der Waals surface area contributed by atoms with Crippen LogP contribution in [0.25, 0.3) is 5.65 Å². The predicted octanol–water partition coefficient (Wildman–Crippen LogP) is 0.289. The lowest BCUT2D eigenvalue weighted by molar-refractivity contribution is 0.0758. The number of hydrogen-bond acceptors (Lipinski definition) is 3. The number of imidazole rings is 1. The minimum atomic E-state index is 0.0150. The van der Waals surface area contributed by atoms with Crippen LogP contribution < -0.4 is 10.7 Å². The number of ether oxygens (including phenoxy) is 1. The van der Waals surface area contributed by atoms with Gasteiger partial charge >= 0.3 is 0 Å². The van der Waals surface area contributed by atoms with Crippen LogP contribution in [-0.4, -0.2) is 29.1 Å². The highest BCUT2D eigenvalue weighted by molar-refractivity contribution is 5.40. The lowest BCUT2D eigenvalue weighted by Crippen LogP contribution is -2.34. The Morgan fingerprint density at radius 2 is 2.44 bits per heavy atom. The molecule has 5 nitrogen and oxygen atoms in total. The van der Waals surface area contributed by atoms with Gasteiger partial charge in [0, 0.05) is 31.1 Å². The summed E-state index contributed by atoms with van der Waals surface area (Å²) in [4.78, 5) is 14.4. The highest BCUT2D eigenvalue weighted by Gasteiger charge is 2.16. The molecule has 0 aromatic carbocycles. The fraction of sp³-hybridized carbons (Fsp3) is 0.364. The zero-order valence-electron chi connectivity index (χ0n) is 8.77. The summed E-state index contributed by atoms with van der Waals surface area (Å²) in [5.41, 5.74) is 1.88. The number of aromatic amines is 1. The molecule has 0 saturated carbocycles. The third-order valence-electron chi connectivity index (χ3n) is 2.80. The van der Waals surface area contributed by atoms with Crippen LogP contribution in [0, 0.1) is 0 Å². The number of nitrogens with one attached hydrogen (secondary N) is 2. The van der Waals surface area contributed by atoms with Gasteiger partial charge in [-0.3, -0.25) is 4.79 Å². The Kier molecular flexibility index (Phi) is 2.27. The summed E-state index contributed by atoms with van der Waals surface area (Å²) in [5.74, 6) is 0. The highest BCUT2D eigenvalue weighted by atomic mass is 16.5. The van der Waals surface area contributed by atoms with Crippen LogP contribution in [0.2, 0.25) is 0 Å². The molecular weight excluding hydrogens is 206 g/mol. The van der Waals surface area contributed by atoms with Gasteiger partial charge in [0.05, 0.1) is 24.9 Å². The van der Waals surface area contributed by atoms with Crippen molar-refractivity contribution in [2.24, 2.45) is 0 Å². The molecule has 1 fully saturated rings. The second kappa shape index (κ2) is 3.77. The van der Waals surface area contributed by atoms with Crippen LogP contribution in [0.4, 0.5) is 0 Å². The second-order valence-electron chi connectivity index (χ2n) is 3.95. The molecule has 0 aliphatic carbocycles. The van der Waals surface area contributed by atoms with E-state index in [1.54, 1.807) is 18.3 Å². The van der Waals surface area contributed by atoms with Crippen molar-refractivity contribution in [1.82, 2.24) is 14.7 Å². The molecule has 2 aromatic heterocycles. The van der Waals surface area contributed by atoms with Gasteiger partial charge in [0.25, 0.3) is 0 Å². The van der Waals surface area contributed by atoms with Crippen molar-refractivity contribution in [3.05, 3.63) is 40.4 Å². The van der Waals surface area contributed by atoms with E-state index in [4.69, 9.17) is 4.74 Å². The molecule has 1 aliphatic rings. The van der Waals surface area contributed by atoms with E-state index < -0.39 is 0 Å². The Morgan fingerprint density at radius 3 is 3.25 bits per heavy atom. The molecule has 1 atom stereocenters. The van der Waals surface area contributed by atoms with Crippen LogP contribution in [0.3, 0.4) is 0 Å². The van der Waals surface area contributed by atoms with Gasteiger partial charge in [0.2, 0.25) is 0 Å². The SMILES string of the molecule is O=c1ccn2cc(C3COCCN3)[nH]c2c1. The fourth-order valence-corrected chi connectivity index (χ4v) is 1.98. The molecule has 1 saturated heterocycles. The second-order valence-corrected chi connectivity index (χ2v) is 3.95. The molecule has 0 amide bonds. The van der Waals surface area contributed by atoms with Crippen LogP contribution in [0.5, 0.6) is 0 Å². The van der Waals surface area contributed by atoms with E-state index in [0.717, 1.165) is 24.5 Å². The number of H-pyrrole nitrogens is 1. The average molecular weight is 219 g/mol. The van der Waals surface area contributed by atoms with E-state index in [2.05, 4.69) is 10.3 Å². The Bertz CT molecular complexity index is 552. The zero-order valence-corrected chi connectivity index (χ0v) is 8.77. The van der Waals surface area contributed by atoms with Crippen molar-refractivity contribution in [1.29, 1.82) is 0 Å². The van der Waals surface area contributed by atoms with Crippen molar-refractivity contribution >= 4 is 5.65 Å². The lowest BCUT2D eigenvalue weighted by atomic mass is 10.2. The van der Waals surface area contributed by atoms with Crippen LogP contribution >= 0.6 is 0 Å². The zero-order chi connectivity index (χ0) is 11.0. The van der Waals surface area contributed by atoms with Gasteiger partial charge in [-0.25, -0.2) is 0 Å². The first kappa shape index (κ1) is 9.62. The summed E-state index contributed by atoms with van der Waals surface area (Å²) in [5, 5.41) is 3.36. The smallest absolute Gasteiger partial charge is 0.183 e. The molecule has 3 heterocycles. The molecule has 1 aliphatic heterocycles. The first-order valence-electron chi connectivity index (χ1n) is 5.35. The van der Waals surface area contributed by atoms with E-state index in [1.165, 1.54) is 0 Å². The summed E-state index contributed by atoms with van der Waals surface area (Å²) in [7, 11) is 0. The molecule has 84 valence electrons. The Hall–Kier alpha value is -1.59. The average Bonchev–Trinajstić information content (AvgIpc) is 2.73. The topological polar surface area (TPSA) is 58.5 Å². The van der Waals surface area contributed by atoms with Crippen molar-refractivity contribution < 1.29 is 4.74 Å². The third kappa shape index (κ3) is 1.64. The molecule has 1 unspecified atom stereocenters. The Balaban J connectivity index is 2.00. The molecule has 0 radical (unpaired) electrons. The van der Waals surface area contributed by atoms with Gasteiger partial charge in [0.1, 0.15) is 5.65 Å². The van der Waals surface area contributed by atoms with Crippen molar-refractivity contribution in [3.8, 4) is 0 Å². The number of fused-ring (bicyclic) bond motifs is 1. The monoisotopic (exact) mass is 219 g/mol. The number of nitrogens with zero attached hydrogens (tertiary/aromatic N) is 1. The maximum atomic E-state index is 11.2. The molecule has 5 heteroatoms. The third-order valence-corrected chi connectivity index (χ3v) is 2.80. The number of aromatic nitrogens is 2. The normalized spacial score (nSPS) is 21.4. The van der Waals surface area contributed by atoms with Crippen LogP contribution in [0.15, 0.2) is 29.3 Å². The first-order valence-corrected chi connectivity index (χ1v) is 5.35. The van der Waals surface area contributed by atoms with E-state index in [1.807, 2.05) is 10.6 Å². The molecule has 16 heavy (non-hydrogen) atoms. The number of hydrogen-bond donors (Lipinski definition) is 2. The summed E-state index contributed by atoms with van der Waals surface area (Å²) < 4.78 is 7.31. The molecule has 0 bridgehead atoms. The van der Waals surface area contributed by atoms with Crippen LogP contribution in [0.1, 0.15) is 11.7 Å². The number of rotatable bonds is 1. The van der Waals surface area contributed by atoms with Crippen molar-refractivity contribution in [3.63, 3.8) is 0 Å². The summed E-state index contributed by atoms with van der Waals surface area (Å²) >= 11 is 0. The molecule has 3 rings (SSSR count). The Morgan fingerprint density at radius 1 is 1.50 bits per heavy atom. The summed E-state index contributed by atoms with van der Waals surface area (Å²) in [6, 6.07) is 3.33. The molecule has 2 N–H and O–H groups in total. The first-order chi connectivity index (χ1) is 7.83. The van der Waals surface area contributed by atoms with Gasteiger partial charge in [-0.15, -0.1) is 0 Å². The molecular formula is C11H13N3O2. The van der Waals surface area contributed by atoms with E-state index in [9.17, 15) is 4.79 Å². The maximum Gasteiger partial charge on any atom is 0.183 e. The highest BCUT2D eigenvalue weighted by Crippen LogP contribution is 2.14.